The molecule has 10 heavy (non-hydrogen) atoms. The van der Waals surface area contributed by atoms with Crippen LogP contribution in [-0.2, 0) is 9.47 Å². The fourth-order valence-corrected chi connectivity index (χ4v) is 2.09. The average Bonchev–Trinajstić information content (AvgIpc) is 2.20. The topological polar surface area (TPSA) is 18.5 Å². The summed E-state index contributed by atoms with van der Waals surface area (Å²) in [7, 11) is 0. The van der Waals surface area contributed by atoms with Gasteiger partial charge in [0.2, 0.25) is 0 Å². The van der Waals surface area contributed by atoms with Crippen LogP contribution in [0.2, 0.25) is 0 Å². The number of hydrogen-bond acceptors (Lipinski definition) is 2. The first-order chi connectivity index (χ1) is 4.71. The van der Waals surface area contributed by atoms with Crippen LogP contribution in [-0.4, -0.2) is 18.0 Å². The fourth-order valence-electron chi connectivity index (χ4n) is 2.09. The lowest BCUT2D eigenvalue weighted by molar-refractivity contribution is -0.0773. The van der Waals surface area contributed by atoms with Crippen LogP contribution in [0.25, 0.3) is 0 Å². The largest absolute Gasteiger partial charge is 0.347 e. The molecule has 1 saturated carbocycles. The molecule has 1 heterocycles. The van der Waals surface area contributed by atoms with E-state index in [0.717, 1.165) is 0 Å². The van der Waals surface area contributed by atoms with E-state index in [9.17, 15) is 0 Å². The standard InChI is InChI=1S/C8H14O2/c1-6-9-7-4-3-5-8(7,2)10-6/h6-7H,3-5H2,1-2H3. The number of rotatable bonds is 0. The highest BCUT2D eigenvalue weighted by Crippen LogP contribution is 2.41. The zero-order valence-corrected chi connectivity index (χ0v) is 6.59. The van der Waals surface area contributed by atoms with Crippen molar-refractivity contribution in [2.45, 2.75) is 51.1 Å². The van der Waals surface area contributed by atoms with Crippen molar-refractivity contribution in [3.63, 3.8) is 0 Å². The van der Waals surface area contributed by atoms with Gasteiger partial charge in [-0.2, -0.15) is 0 Å². The second-order valence-electron chi connectivity index (χ2n) is 3.52. The number of fused-ring (bicyclic) bond motifs is 1. The fraction of sp³-hybridized carbons (Fsp3) is 1.00. The third-order valence-electron chi connectivity index (χ3n) is 2.61. The van der Waals surface area contributed by atoms with Gasteiger partial charge in [-0.25, -0.2) is 0 Å². The Labute approximate surface area is 61.5 Å². The predicted molar refractivity (Wildman–Crippen MR) is 37.7 cm³/mol. The van der Waals surface area contributed by atoms with Crippen LogP contribution in [0.4, 0.5) is 0 Å². The highest BCUT2D eigenvalue weighted by atomic mass is 16.7. The van der Waals surface area contributed by atoms with Gasteiger partial charge in [0.1, 0.15) is 0 Å². The first-order valence-electron chi connectivity index (χ1n) is 4.04. The molecule has 0 aromatic rings. The van der Waals surface area contributed by atoms with Gasteiger partial charge in [-0.3, -0.25) is 0 Å². The summed E-state index contributed by atoms with van der Waals surface area (Å²) in [5.74, 6) is 0. The van der Waals surface area contributed by atoms with Crippen LogP contribution in [0.15, 0.2) is 0 Å². The molecule has 2 nitrogen and oxygen atoms in total. The Hall–Kier alpha value is -0.0800. The summed E-state index contributed by atoms with van der Waals surface area (Å²) in [6.07, 6.45) is 4.01. The van der Waals surface area contributed by atoms with E-state index in [0.29, 0.717) is 6.10 Å². The summed E-state index contributed by atoms with van der Waals surface area (Å²) < 4.78 is 11.2. The lowest BCUT2D eigenvalue weighted by Gasteiger charge is -2.19. The predicted octanol–water partition coefficient (Wildman–Crippen LogP) is 1.69. The Morgan fingerprint density at radius 2 is 2.30 bits per heavy atom. The maximum Gasteiger partial charge on any atom is 0.156 e. The Kier molecular flexibility index (Phi) is 1.29. The highest BCUT2D eigenvalue weighted by Gasteiger charge is 2.47. The molecule has 0 spiro atoms. The monoisotopic (exact) mass is 142 g/mol. The van der Waals surface area contributed by atoms with Crippen LogP contribution in [0.3, 0.4) is 0 Å². The van der Waals surface area contributed by atoms with Gasteiger partial charge in [0.15, 0.2) is 6.29 Å². The van der Waals surface area contributed by atoms with Crippen molar-refractivity contribution in [1.82, 2.24) is 0 Å². The van der Waals surface area contributed by atoms with Gasteiger partial charge < -0.3 is 9.47 Å². The normalized spacial score (nSPS) is 53.4. The third kappa shape index (κ3) is 0.789. The smallest absolute Gasteiger partial charge is 0.156 e. The maximum absolute atomic E-state index is 5.65. The van der Waals surface area contributed by atoms with E-state index >= 15 is 0 Å². The van der Waals surface area contributed by atoms with Gasteiger partial charge >= 0.3 is 0 Å². The van der Waals surface area contributed by atoms with Gasteiger partial charge in [0.05, 0.1) is 11.7 Å². The molecule has 2 rings (SSSR count). The summed E-state index contributed by atoms with van der Waals surface area (Å²) in [5.41, 5.74) is 0.0550. The van der Waals surface area contributed by atoms with E-state index in [1.807, 2.05) is 6.92 Å². The summed E-state index contributed by atoms with van der Waals surface area (Å²) in [6, 6.07) is 0. The molecule has 0 radical (unpaired) electrons. The number of ether oxygens (including phenoxy) is 2. The summed E-state index contributed by atoms with van der Waals surface area (Å²) in [4.78, 5) is 0. The first kappa shape index (κ1) is 6.62. The van der Waals surface area contributed by atoms with Gasteiger partial charge in [0.25, 0.3) is 0 Å². The van der Waals surface area contributed by atoms with Crippen LogP contribution in [0.1, 0.15) is 33.1 Å². The molecule has 1 saturated heterocycles. The molecule has 2 fully saturated rings. The van der Waals surface area contributed by atoms with Crippen molar-refractivity contribution in [2.24, 2.45) is 0 Å². The number of hydrogen-bond donors (Lipinski definition) is 0. The molecule has 1 aliphatic carbocycles. The zero-order valence-electron chi connectivity index (χ0n) is 6.59. The van der Waals surface area contributed by atoms with E-state index in [-0.39, 0.29) is 11.9 Å². The lowest BCUT2D eigenvalue weighted by Crippen LogP contribution is -2.30. The molecule has 0 amide bonds. The van der Waals surface area contributed by atoms with E-state index in [2.05, 4.69) is 6.92 Å². The van der Waals surface area contributed by atoms with E-state index in [1.165, 1.54) is 19.3 Å². The van der Waals surface area contributed by atoms with Gasteiger partial charge in [-0.1, -0.05) is 0 Å². The first-order valence-corrected chi connectivity index (χ1v) is 4.04. The molecular weight excluding hydrogens is 128 g/mol. The minimum Gasteiger partial charge on any atom is -0.347 e. The van der Waals surface area contributed by atoms with Crippen molar-refractivity contribution >= 4 is 0 Å². The van der Waals surface area contributed by atoms with Crippen molar-refractivity contribution in [1.29, 1.82) is 0 Å². The molecule has 58 valence electrons. The van der Waals surface area contributed by atoms with Crippen molar-refractivity contribution in [3.05, 3.63) is 0 Å². The van der Waals surface area contributed by atoms with Crippen LogP contribution in [0.5, 0.6) is 0 Å². The van der Waals surface area contributed by atoms with Crippen molar-refractivity contribution in [2.75, 3.05) is 0 Å². The summed E-state index contributed by atoms with van der Waals surface area (Å²) in [5, 5.41) is 0. The quantitative estimate of drug-likeness (QED) is 0.512. The van der Waals surface area contributed by atoms with Crippen molar-refractivity contribution < 1.29 is 9.47 Å². The second kappa shape index (κ2) is 1.95. The molecule has 2 aliphatic rings. The minimum absolute atomic E-state index is 0.0234. The molecule has 2 heteroatoms. The van der Waals surface area contributed by atoms with Crippen LogP contribution in [0, 0.1) is 0 Å². The third-order valence-corrected chi connectivity index (χ3v) is 2.61. The Bertz CT molecular complexity index is 146. The van der Waals surface area contributed by atoms with E-state index < -0.39 is 0 Å². The molecule has 3 unspecified atom stereocenters. The van der Waals surface area contributed by atoms with E-state index in [4.69, 9.17) is 9.47 Å². The van der Waals surface area contributed by atoms with E-state index in [1.54, 1.807) is 0 Å². The Morgan fingerprint density at radius 3 is 3.00 bits per heavy atom. The average molecular weight is 142 g/mol. The second-order valence-corrected chi connectivity index (χ2v) is 3.52. The molecule has 3 atom stereocenters. The molecule has 0 aromatic heterocycles. The zero-order chi connectivity index (χ0) is 7.19. The van der Waals surface area contributed by atoms with Gasteiger partial charge in [-0.05, 0) is 33.1 Å². The van der Waals surface area contributed by atoms with Gasteiger partial charge in [-0.15, -0.1) is 0 Å². The van der Waals surface area contributed by atoms with Crippen molar-refractivity contribution in [3.8, 4) is 0 Å². The van der Waals surface area contributed by atoms with Crippen LogP contribution < -0.4 is 0 Å². The Balaban J connectivity index is 2.15. The molecule has 0 bridgehead atoms. The highest BCUT2D eigenvalue weighted by molar-refractivity contribution is 4.94. The summed E-state index contributed by atoms with van der Waals surface area (Å²) in [6.45, 7) is 4.14. The molecule has 1 aliphatic heterocycles. The molecule has 0 N–H and O–H groups in total. The molecular formula is C8H14O2. The maximum atomic E-state index is 5.65. The van der Waals surface area contributed by atoms with Gasteiger partial charge in [0, 0.05) is 0 Å². The minimum atomic E-state index is 0.0234. The Morgan fingerprint density at radius 1 is 1.50 bits per heavy atom. The lowest BCUT2D eigenvalue weighted by atomic mass is 10.0. The SMILES string of the molecule is CC1OC2CCCC2(C)O1. The molecule has 0 aromatic carbocycles. The summed E-state index contributed by atoms with van der Waals surface area (Å²) >= 11 is 0. The van der Waals surface area contributed by atoms with Crippen LogP contribution >= 0.6 is 0 Å².